The molecule has 0 aromatic rings. The molecule has 1 rings (SSSR count). The molecule has 4 nitrogen and oxygen atoms in total. The van der Waals surface area contributed by atoms with Gasteiger partial charge >= 0.3 is 5.92 Å². The van der Waals surface area contributed by atoms with Crippen LogP contribution in [-0.4, -0.2) is 35.2 Å². The van der Waals surface area contributed by atoms with Gasteiger partial charge in [-0.05, 0) is 6.08 Å². The highest BCUT2D eigenvalue weighted by Crippen LogP contribution is 2.39. The van der Waals surface area contributed by atoms with Crippen molar-refractivity contribution in [3.63, 3.8) is 0 Å². The normalized spacial score (nSPS) is 28.4. The number of carbonyl (C=O) groups is 1. The molecule has 0 heterocycles. The Morgan fingerprint density at radius 1 is 1.72 bits per heavy atom. The summed E-state index contributed by atoms with van der Waals surface area (Å²) in [6.45, 7) is -2.17. The topological polar surface area (TPSA) is 75.7 Å². The first-order valence-corrected chi connectivity index (χ1v) is 5.21. The number of Topliss-reactive ketones (excluding diaryl/α,β-unsaturated/α-hetero) is 1. The lowest BCUT2D eigenvalue weighted by Gasteiger charge is -2.33. The summed E-state index contributed by atoms with van der Waals surface area (Å²) in [6.07, 6.45) is 4.03. The summed E-state index contributed by atoms with van der Waals surface area (Å²) in [5.41, 5.74) is 3.21. The van der Waals surface area contributed by atoms with Crippen molar-refractivity contribution in [3.05, 3.63) is 23.9 Å². The van der Waals surface area contributed by atoms with Crippen LogP contribution >= 0.6 is 11.6 Å². The van der Waals surface area contributed by atoms with Crippen LogP contribution in [0.15, 0.2) is 29.1 Å². The van der Waals surface area contributed by atoms with E-state index in [0.717, 1.165) is 6.08 Å². The van der Waals surface area contributed by atoms with Crippen molar-refractivity contribution in [3.8, 4) is 0 Å². The zero-order valence-electron chi connectivity index (χ0n) is 8.99. The second-order valence-corrected chi connectivity index (χ2v) is 4.17. The summed E-state index contributed by atoms with van der Waals surface area (Å²) in [4.78, 5) is 11.7. The number of nitrogens with two attached hydrogens (primary N) is 1. The largest absolute Gasteiger partial charge is 0.411 e. The van der Waals surface area contributed by atoms with Crippen LogP contribution in [-0.2, 0) is 4.79 Å². The molecule has 1 aliphatic rings. The maximum Gasteiger partial charge on any atom is 0.334 e. The van der Waals surface area contributed by atoms with Crippen LogP contribution in [0.25, 0.3) is 0 Å². The van der Waals surface area contributed by atoms with E-state index in [0.29, 0.717) is 6.21 Å². The molecule has 3 N–H and O–H groups in total. The third-order valence-electron chi connectivity index (χ3n) is 2.54. The van der Waals surface area contributed by atoms with Gasteiger partial charge in [0.05, 0.1) is 11.6 Å². The van der Waals surface area contributed by atoms with Crippen LogP contribution in [0.2, 0.25) is 0 Å². The Morgan fingerprint density at radius 2 is 2.33 bits per heavy atom. The van der Waals surface area contributed by atoms with Crippen molar-refractivity contribution >= 4 is 23.6 Å². The third-order valence-corrected chi connectivity index (χ3v) is 3.15. The molecule has 0 radical (unpaired) electrons. The van der Waals surface area contributed by atoms with Gasteiger partial charge in [-0.3, -0.25) is 4.79 Å². The molecular weight excluding hydrogens is 273 g/mol. The summed E-state index contributed by atoms with van der Waals surface area (Å²) in [5, 5.41) is 9.68. The Kier molecular flexibility index (Phi) is 4.05. The molecule has 0 aromatic heterocycles. The van der Waals surface area contributed by atoms with E-state index in [-0.39, 0.29) is 5.70 Å². The van der Waals surface area contributed by atoms with Crippen molar-refractivity contribution in [2.45, 2.75) is 11.3 Å². The van der Waals surface area contributed by atoms with Gasteiger partial charge < -0.3 is 10.9 Å². The van der Waals surface area contributed by atoms with Gasteiger partial charge in [0.2, 0.25) is 5.78 Å². The molecule has 0 spiro atoms. The van der Waals surface area contributed by atoms with Crippen LogP contribution in [0.4, 0.5) is 13.2 Å². The minimum atomic E-state index is -4.24. The number of alkyl halides is 4. The molecule has 18 heavy (non-hydrogen) atoms. The van der Waals surface area contributed by atoms with Crippen molar-refractivity contribution in [1.82, 2.24) is 0 Å². The summed E-state index contributed by atoms with van der Waals surface area (Å²) in [7, 11) is 0. The predicted octanol–water partition coefficient (Wildman–Crippen LogP) is 1.63. The molecule has 8 heteroatoms. The molecule has 0 aliphatic heterocycles. The fourth-order valence-electron chi connectivity index (χ4n) is 1.59. The van der Waals surface area contributed by atoms with Crippen LogP contribution < -0.4 is 5.73 Å². The van der Waals surface area contributed by atoms with E-state index in [9.17, 15) is 18.0 Å². The molecule has 0 fully saturated rings. The van der Waals surface area contributed by atoms with E-state index in [1.165, 1.54) is 12.2 Å². The number of carbonyl (C=O) groups excluding carboxylic acids is 1. The number of rotatable bonds is 4. The standard InChI is InChI=1S/C10H10ClF3N2O2/c11-7-6(15)2-1-3-9(7,5-16-18)8(17)10(13,14)4-12/h1-3,5,7,18H,4,15H2/b16-5-. The van der Waals surface area contributed by atoms with E-state index in [4.69, 9.17) is 22.5 Å². The third kappa shape index (κ3) is 2.22. The highest BCUT2D eigenvalue weighted by Gasteiger charge is 2.55. The number of nitrogens with zero attached hydrogens (tertiary/aromatic N) is 1. The first-order valence-electron chi connectivity index (χ1n) is 4.78. The number of halogens is 4. The second-order valence-electron chi connectivity index (χ2n) is 3.73. The second kappa shape index (κ2) is 5.01. The Morgan fingerprint density at radius 3 is 2.83 bits per heavy atom. The van der Waals surface area contributed by atoms with Gasteiger partial charge in [-0.25, -0.2) is 4.39 Å². The van der Waals surface area contributed by atoms with Gasteiger partial charge in [0.15, 0.2) is 6.67 Å². The minimum absolute atomic E-state index is 0.0675. The number of hydrogen-bond donors (Lipinski definition) is 2. The number of allylic oxidation sites excluding steroid dienone is 4. The van der Waals surface area contributed by atoms with Crippen LogP contribution in [0.1, 0.15) is 0 Å². The van der Waals surface area contributed by atoms with E-state index in [2.05, 4.69) is 5.16 Å². The highest BCUT2D eigenvalue weighted by atomic mass is 35.5. The lowest BCUT2D eigenvalue weighted by Crippen LogP contribution is -2.51. The van der Waals surface area contributed by atoms with Crippen LogP contribution in [0.3, 0.4) is 0 Å². The molecule has 0 saturated carbocycles. The average molecular weight is 283 g/mol. The number of ketones is 1. The summed E-state index contributed by atoms with van der Waals surface area (Å²) in [5.74, 6) is -6.06. The van der Waals surface area contributed by atoms with E-state index >= 15 is 0 Å². The van der Waals surface area contributed by atoms with Crippen molar-refractivity contribution in [2.75, 3.05) is 6.67 Å². The van der Waals surface area contributed by atoms with Crippen molar-refractivity contribution < 1.29 is 23.2 Å². The number of oxime groups is 1. The van der Waals surface area contributed by atoms with Gasteiger partial charge in [0, 0.05) is 5.70 Å². The summed E-state index contributed by atoms with van der Waals surface area (Å²) >= 11 is 5.80. The molecule has 2 atom stereocenters. The zero-order chi connectivity index (χ0) is 14.0. The van der Waals surface area contributed by atoms with Gasteiger partial charge in [-0.15, -0.1) is 16.8 Å². The molecule has 0 amide bonds. The first-order chi connectivity index (χ1) is 8.31. The smallest absolute Gasteiger partial charge is 0.334 e. The fraction of sp³-hybridized carbons (Fsp3) is 0.400. The Bertz CT molecular complexity index is 437. The summed E-state index contributed by atoms with van der Waals surface area (Å²) < 4.78 is 38.6. The molecule has 1 aliphatic carbocycles. The van der Waals surface area contributed by atoms with Crippen molar-refractivity contribution in [1.29, 1.82) is 0 Å². The monoisotopic (exact) mass is 282 g/mol. The first kappa shape index (κ1) is 14.6. The van der Waals surface area contributed by atoms with E-state index in [1.807, 2.05) is 0 Å². The highest BCUT2D eigenvalue weighted by molar-refractivity contribution is 6.28. The van der Waals surface area contributed by atoms with Gasteiger partial charge in [0.1, 0.15) is 5.41 Å². The quantitative estimate of drug-likeness (QED) is 0.356. The Labute approximate surface area is 106 Å². The fourth-order valence-corrected chi connectivity index (χ4v) is 1.89. The number of hydrogen-bond acceptors (Lipinski definition) is 4. The average Bonchev–Trinajstić information content (AvgIpc) is 2.34. The maximum atomic E-state index is 13.2. The molecule has 0 saturated heterocycles. The maximum absolute atomic E-state index is 13.2. The lowest BCUT2D eigenvalue weighted by molar-refractivity contribution is -0.150. The van der Waals surface area contributed by atoms with Crippen molar-refractivity contribution in [2.24, 2.45) is 16.3 Å². The van der Waals surface area contributed by atoms with E-state index in [1.54, 1.807) is 0 Å². The molecule has 100 valence electrons. The predicted molar refractivity (Wildman–Crippen MR) is 59.7 cm³/mol. The lowest BCUT2D eigenvalue weighted by atomic mass is 9.75. The summed E-state index contributed by atoms with van der Waals surface area (Å²) in [6, 6.07) is 0. The Hall–Kier alpha value is -1.50. The van der Waals surface area contributed by atoms with Crippen LogP contribution in [0.5, 0.6) is 0 Å². The zero-order valence-corrected chi connectivity index (χ0v) is 9.74. The van der Waals surface area contributed by atoms with Gasteiger partial charge in [-0.2, -0.15) is 8.78 Å². The SMILES string of the molecule is NC1=CC=CC(/C=N\O)(C(=O)C(F)(F)CF)C1Cl. The Balaban J connectivity index is 3.31. The van der Waals surface area contributed by atoms with Crippen LogP contribution in [0, 0.1) is 5.41 Å². The molecule has 0 bridgehead atoms. The van der Waals surface area contributed by atoms with E-state index < -0.39 is 29.2 Å². The molecule has 2 unspecified atom stereocenters. The molecular formula is C10H10ClF3N2O2. The molecule has 0 aromatic carbocycles. The minimum Gasteiger partial charge on any atom is -0.411 e. The van der Waals surface area contributed by atoms with Gasteiger partial charge in [-0.1, -0.05) is 12.2 Å². The van der Waals surface area contributed by atoms with Gasteiger partial charge in [0.25, 0.3) is 0 Å².